The molecule has 0 bridgehead atoms. The van der Waals surface area contributed by atoms with Crippen LogP contribution in [0.1, 0.15) is 26.7 Å². The Morgan fingerprint density at radius 1 is 1.24 bits per heavy atom. The maximum Gasteiger partial charge on any atom is 0.243 e. The maximum absolute atomic E-state index is 13.5. The highest BCUT2D eigenvalue weighted by Gasteiger charge is 2.61. The van der Waals surface area contributed by atoms with Crippen molar-refractivity contribution < 1.29 is 22.4 Å². The van der Waals surface area contributed by atoms with E-state index in [1.165, 1.54) is 29.4 Å². The number of likely N-dealkylation sites (tertiary alicyclic amines) is 2. The normalized spacial score (nSPS) is 26.9. The van der Waals surface area contributed by atoms with Crippen LogP contribution in [0.25, 0.3) is 0 Å². The first-order valence-electron chi connectivity index (χ1n) is 10.0. The molecule has 3 saturated heterocycles. The number of sulfonamides is 1. The molecule has 0 N–H and O–H groups in total. The lowest BCUT2D eigenvalue weighted by Gasteiger charge is -2.47. The fourth-order valence-electron chi connectivity index (χ4n) is 5.48. The number of fused-ring (bicyclic) bond motifs is 2. The Balaban J connectivity index is 1.58. The largest absolute Gasteiger partial charge is 0.342 e. The summed E-state index contributed by atoms with van der Waals surface area (Å²) in [6.45, 7) is 5.56. The van der Waals surface area contributed by atoms with Gasteiger partial charge in [0, 0.05) is 45.6 Å². The second-order valence-corrected chi connectivity index (χ2v) is 10.1. The minimum Gasteiger partial charge on any atom is -0.342 e. The molecule has 9 heteroatoms. The molecular weight excluding hydrogens is 397 g/mol. The van der Waals surface area contributed by atoms with Crippen LogP contribution >= 0.6 is 0 Å². The van der Waals surface area contributed by atoms with Gasteiger partial charge in [-0.25, -0.2) is 12.8 Å². The Morgan fingerprint density at radius 3 is 2.52 bits per heavy atom. The van der Waals surface area contributed by atoms with Gasteiger partial charge in [-0.3, -0.25) is 9.59 Å². The van der Waals surface area contributed by atoms with E-state index in [0.29, 0.717) is 32.5 Å². The number of piperidine rings is 1. The van der Waals surface area contributed by atoms with Crippen LogP contribution < -0.4 is 0 Å². The number of benzene rings is 1. The van der Waals surface area contributed by atoms with Gasteiger partial charge in [-0.1, -0.05) is 6.07 Å². The summed E-state index contributed by atoms with van der Waals surface area (Å²) in [4.78, 5) is 28.5. The van der Waals surface area contributed by atoms with Gasteiger partial charge >= 0.3 is 0 Å². The number of hydrogen-bond acceptors (Lipinski definition) is 4. The molecule has 3 aliphatic heterocycles. The molecule has 7 nitrogen and oxygen atoms in total. The third-order valence-electron chi connectivity index (χ3n) is 6.91. The van der Waals surface area contributed by atoms with Crippen molar-refractivity contribution in [2.45, 2.75) is 37.1 Å². The minimum atomic E-state index is -3.79. The van der Waals surface area contributed by atoms with Gasteiger partial charge in [0.25, 0.3) is 0 Å². The Labute approximate surface area is 170 Å². The van der Waals surface area contributed by atoms with Crippen LogP contribution in [-0.2, 0) is 19.6 Å². The zero-order chi connectivity index (χ0) is 21.0. The van der Waals surface area contributed by atoms with Crippen molar-refractivity contribution in [3.8, 4) is 0 Å². The summed E-state index contributed by atoms with van der Waals surface area (Å²) in [6.07, 6.45) is 1.04. The summed E-state index contributed by atoms with van der Waals surface area (Å²) in [7, 11) is -3.79. The van der Waals surface area contributed by atoms with Crippen LogP contribution in [0.2, 0.25) is 0 Å². The van der Waals surface area contributed by atoms with Crippen molar-refractivity contribution in [2.75, 3.05) is 32.7 Å². The molecule has 158 valence electrons. The van der Waals surface area contributed by atoms with E-state index in [4.69, 9.17) is 0 Å². The monoisotopic (exact) mass is 423 g/mol. The average molecular weight is 424 g/mol. The summed E-state index contributed by atoms with van der Waals surface area (Å²) in [5.74, 6) is -0.724. The van der Waals surface area contributed by atoms with Crippen molar-refractivity contribution in [2.24, 2.45) is 11.8 Å². The van der Waals surface area contributed by atoms with Crippen molar-refractivity contribution in [3.05, 3.63) is 30.1 Å². The number of halogens is 1. The highest BCUT2D eigenvalue weighted by atomic mass is 32.2. The van der Waals surface area contributed by atoms with Crippen molar-refractivity contribution >= 4 is 21.8 Å². The Morgan fingerprint density at radius 2 is 1.93 bits per heavy atom. The van der Waals surface area contributed by atoms with E-state index in [1.54, 1.807) is 4.90 Å². The minimum absolute atomic E-state index is 0.0258. The lowest BCUT2D eigenvalue weighted by Crippen LogP contribution is -2.57. The van der Waals surface area contributed by atoms with Gasteiger partial charge in [-0.2, -0.15) is 4.31 Å². The van der Waals surface area contributed by atoms with E-state index in [1.807, 2.05) is 11.8 Å². The number of carbonyl (C=O) groups excluding carboxylic acids is 2. The lowest BCUT2D eigenvalue weighted by atomic mass is 9.75. The average Bonchev–Trinajstić information content (AvgIpc) is 3.22. The summed E-state index contributed by atoms with van der Waals surface area (Å²) < 4.78 is 40.8. The van der Waals surface area contributed by atoms with Gasteiger partial charge in [0.1, 0.15) is 5.82 Å². The number of rotatable bonds is 3. The molecular formula is C20H26FN3O4S. The summed E-state index contributed by atoms with van der Waals surface area (Å²) in [5, 5.41) is 0. The van der Waals surface area contributed by atoms with E-state index in [0.717, 1.165) is 6.07 Å². The molecule has 3 fully saturated rings. The topological polar surface area (TPSA) is 78.0 Å². The summed E-state index contributed by atoms with van der Waals surface area (Å²) in [6, 6.07) is 5.04. The van der Waals surface area contributed by atoms with Gasteiger partial charge < -0.3 is 9.80 Å². The molecule has 0 aliphatic carbocycles. The van der Waals surface area contributed by atoms with Crippen molar-refractivity contribution in [3.63, 3.8) is 0 Å². The van der Waals surface area contributed by atoms with Gasteiger partial charge in [-0.15, -0.1) is 0 Å². The zero-order valence-corrected chi connectivity index (χ0v) is 17.5. The second kappa shape index (κ2) is 7.05. The smallest absolute Gasteiger partial charge is 0.243 e. The van der Waals surface area contributed by atoms with Crippen molar-refractivity contribution in [1.29, 1.82) is 0 Å². The van der Waals surface area contributed by atoms with Crippen LogP contribution in [0.4, 0.5) is 4.39 Å². The molecule has 3 heterocycles. The van der Waals surface area contributed by atoms with Crippen LogP contribution in [-0.4, -0.2) is 72.6 Å². The third kappa shape index (κ3) is 3.06. The summed E-state index contributed by atoms with van der Waals surface area (Å²) >= 11 is 0. The number of amides is 2. The van der Waals surface area contributed by atoms with E-state index in [9.17, 15) is 22.4 Å². The first kappa shape index (κ1) is 20.3. The van der Waals surface area contributed by atoms with E-state index >= 15 is 0 Å². The summed E-state index contributed by atoms with van der Waals surface area (Å²) in [5.41, 5.74) is -0.422. The predicted molar refractivity (Wildman–Crippen MR) is 104 cm³/mol. The van der Waals surface area contributed by atoms with E-state index in [-0.39, 0.29) is 41.6 Å². The highest BCUT2D eigenvalue weighted by Crippen LogP contribution is 2.50. The molecule has 1 spiro atoms. The Bertz CT molecular complexity index is 943. The van der Waals surface area contributed by atoms with Gasteiger partial charge in [0.15, 0.2) is 0 Å². The molecule has 1 aromatic rings. The molecule has 0 unspecified atom stereocenters. The molecule has 0 aromatic heterocycles. The molecule has 3 aliphatic rings. The SMILES string of the molecule is CCN1C(=O)[C@@H]2CN(C(C)=O)C[C@@H]2C12CCN(S(=O)(=O)c1cccc(F)c1)CC2. The fourth-order valence-corrected chi connectivity index (χ4v) is 6.95. The van der Waals surface area contributed by atoms with Gasteiger partial charge in [0.2, 0.25) is 21.8 Å². The zero-order valence-electron chi connectivity index (χ0n) is 16.7. The van der Waals surface area contributed by atoms with E-state index < -0.39 is 21.4 Å². The molecule has 1 aromatic carbocycles. The first-order valence-corrected chi connectivity index (χ1v) is 11.5. The predicted octanol–water partition coefficient (Wildman–Crippen LogP) is 1.31. The molecule has 2 atom stereocenters. The molecule has 29 heavy (non-hydrogen) atoms. The molecule has 0 saturated carbocycles. The highest BCUT2D eigenvalue weighted by molar-refractivity contribution is 7.89. The van der Waals surface area contributed by atoms with Crippen LogP contribution in [0.5, 0.6) is 0 Å². The number of nitrogens with zero attached hydrogens (tertiary/aromatic N) is 3. The molecule has 2 amide bonds. The Kier molecular flexibility index (Phi) is 4.93. The molecule has 0 radical (unpaired) electrons. The number of hydrogen-bond donors (Lipinski definition) is 0. The van der Waals surface area contributed by atoms with E-state index in [2.05, 4.69) is 0 Å². The fraction of sp³-hybridized carbons (Fsp3) is 0.600. The van der Waals surface area contributed by atoms with Crippen LogP contribution in [0.3, 0.4) is 0 Å². The van der Waals surface area contributed by atoms with Crippen molar-refractivity contribution in [1.82, 2.24) is 14.1 Å². The lowest BCUT2D eigenvalue weighted by molar-refractivity contribution is -0.136. The second-order valence-electron chi connectivity index (χ2n) is 8.18. The van der Waals surface area contributed by atoms with Crippen LogP contribution in [0.15, 0.2) is 29.2 Å². The van der Waals surface area contributed by atoms with Gasteiger partial charge in [0.05, 0.1) is 16.4 Å². The standard InChI is InChI=1S/C20H26FN3O4S/c1-3-24-19(26)17-12-22(14(2)25)13-18(17)20(24)7-9-23(10-8-20)29(27,28)16-6-4-5-15(21)11-16/h4-6,11,17-18H,3,7-10,12-13H2,1-2H3/t17-,18+/m1/s1. The third-order valence-corrected chi connectivity index (χ3v) is 8.81. The first-order chi connectivity index (χ1) is 13.7. The van der Waals surface area contributed by atoms with Gasteiger partial charge in [-0.05, 0) is 38.0 Å². The Hall–Kier alpha value is -2.00. The number of carbonyl (C=O) groups is 2. The molecule has 4 rings (SSSR count). The maximum atomic E-state index is 13.5. The quantitative estimate of drug-likeness (QED) is 0.734. The van der Waals surface area contributed by atoms with Crippen LogP contribution in [0, 0.1) is 17.7 Å².